The van der Waals surface area contributed by atoms with Crippen LogP contribution in [0, 0.1) is 17.8 Å². The van der Waals surface area contributed by atoms with Crippen molar-refractivity contribution in [1.29, 1.82) is 0 Å². The average molecular weight is 737 g/mol. The highest BCUT2D eigenvalue weighted by molar-refractivity contribution is 6.42. The molecule has 3 aromatic rings. The quantitative estimate of drug-likeness (QED) is 0.223. The van der Waals surface area contributed by atoms with Gasteiger partial charge in [0.2, 0.25) is 0 Å². The van der Waals surface area contributed by atoms with Gasteiger partial charge in [-0.3, -0.25) is 9.69 Å². The Balaban J connectivity index is 1.20. The largest absolute Gasteiger partial charge is 0.489 e. The number of carbonyl (C=O) groups excluding carboxylic acids is 3. The van der Waals surface area contributed by atoms with Crippen molar-refractivity contribution in [2.45, 2.75) is 111 Å². The summed E-state index contributed by atoms with van der Waals surface area (Å²) in [6.07, 6.45) is 1.83. The Kier molecular flexibility index (Phi) is 10.9. The molecule has 0 aromatic heterocycles. The van der Waals surface area contributed by atoms with Crippen LogP contribution in [0.25, 0.3) is 0 Å². The molecule has 8 nitrogen and oxygen atoms in total. The van der Waals surface area contributed by atoms with Crippen LogP contribution in [0.1, 0.15) is 94.7 Å². The molecule has 51 heavy (non-hydrogen) atoms. The van der Waals surface area contributed by atoms with Crippen LogP contribution in [0.15, 0.2) is 54.6 Å². The van der Waals surface area contributed by atoms with E-state index in [2.05, 4.69) is 20.8 Å². The Morgan fingerprint density at radius 3 is 2.39 bits per heavy atom. The van der Waals surface area contributed by atoms with E-state index in [9.17, 15) is 14.4 Å². The lowest BCUT2D eigenvalue weighted by atomic mass is 9.75. The predicted octanol–water partition coefficient (Wildman–Crippen LogP) is 9.48. The van der Waals surface area contributed by atoms with Crippen molar-refractivity contribution in [3.63, 3.8) is 0 Å². The maximum atomic E-state index is 14.0. The summed E-state index contributed by atoms with van der Waals surface area (Å²) >= 11 is 12.1. The van der Waals surface area contributed by atoms with Crippen LogP contribution in [0.5, 0.6) is 11.5 Å². The van der Waals surface area contributed by atoms with Crippen LogP contribution >= 0.6 is 23.2 Å². The third-order valence-corrected chi connectivity index (χ3v) is 10.9. The molecule has 0 saturated heterocycles. The summed E-state index contributed by atoms with van der Waals surface area (Å²) in [6, 6.07) is 15.6. The maximum Gasteiger partial charge on any atom is 0.411 e. The fourth-order valence-corrected chi connectivity index (χ4v) is 7.70. The number of hydrogen-bond donors (Lipinski definition) is 0. The Labute approximate surface area is 310 Å². The molecule has 0 bridgehead atoms. The van der Waals surface area contributed by atoms with Crippen molar-refractivity contribution < 1.29 is 33.3 Å². The summed E-state index contributed by atoms with van der Waals surface area (Å²) in [5.41, 5.74) is 3.34. The first-order chi connectivity index (χ1) is 24.1. The lowest BCUT2D eigenvalue weighted by Gasteiger charge is -2.40. The monoisotopic (exact) mass is 735 g/mol. The van der Waals surface area contributed by atoms with Crippen LogP contribution in [0.2, 0.25) is 10.0 Å². The third kappa shape index (κ3) is 8.66. The number of benzene rings is 3. The second kappa shape index (κ2) is 15.1. The van der Waals surface area contributed by atoms with E-state index in [1.54, 1.807) is 24.3 Å². The van der Waals surface area contributed by atoms with Gasteiger partial charge >= 0.3 is 12.1 Å². The van der Waals surface area contributed by atoms with Crippen molar-refractivity contribution in [2.75, 3.05) is 0 Å². The van der Waals surface area contributed by atoms with E-state index in [1.165, 1.54) is 4.90 Å². The summed E-state index contributed by atoms with van der Waals surface area (Å²) in [5.74, 6) is 1.85. The lowest BCUT2D eigenvalue weighted by Crippen LogP contribution is -2.52. The summed E-state index contributed by atoms with van der Waals surface area (Å²) < 4.78 is 24.3. The minimum atomic E-state index is -0.846. The lowest BCUT2D eigenvalue weighted by molar-refractivity contribution is -0.162. The van der Waals surface area contributed by atoms with Gasteiger partial charge in [-0.05, 0) is 98.4 Å². The van der Waals surface area contributed by atoms with E-state index in [0.29, 0.717) is 45.6 Å². The first kappa shape index (κ1) is 37.0. The van der Waals surface area contributed by atoms with Crippen LogP contribution in [0.3, 0.4) is 0 Å². The van der Waals surface area contributed by atoms with Gasteiger partial charge in [0.05, 0.1) is 16.6 Å². The molecule has 6 rings (SSSR count). The molecular formula is C41H47Cl2NO7. The van der Waals surface area contributed by atoms with Gasteiger partial charge in [-0.15, -0.1) is 0 Å². The van der Waals surface area contributed by atoms with E-state index in [0.717, 1.165) is 41.5 Å². The van der Waals surface area contributed by atoms with Crippen LogP contribution in [-0.2, 0) is 45.1 Å². The fourth-order valence-electron chi connectivity index (χ4n) is 7.38. The van der Waals surface area contributed by atoms with E-state index in [4.69, 9.17) is 42.1 Å². The Morgan fingerprint density at radius 1 is 0.961 bits per heavy atom. The van der Waals surface area contributed by atoms with Crippen molar-refractivity contribution >= 4 is 41.0 Å². The first-order valence-corrected chi connectivity index (χ1v) is 18.6. The zero-order chi connectivity index (χ0) is 36.6. The molecule has 1 saturated carbocycles. The van der Waals surface area contributed by atoms with Crippen molar-refractivity contribution in [2.24, 2.45) is 17.8 Å². The average Bonchev–Trinajstić information content (AvgIpc) is 3.06. The Morgan fingerprint density at radius 2 is 1.71 bits per heavy atom. The maximum absolute atomic E-state index is 14.0. The van der Waals surface area contributed by atoms with Gasteiger partial charge in [-0.25, -0.2) is 9.59 Å². The summed E-state index contributed by atoms with van der Waals surface area (Å²) in [4.78, 5) is 42.5. The molecule has 0 radical (unpaired) electrons. The molecular weight excluding hydrogens is 689 g/mol. The minimum Gasteiger partial charge on any atom is -0.489 e. The number of halogens is 2. The minimum absolute atomic E-state index is 0.0692. The van der Waals surface area contributed by atoms with Crippen LogP contribution in [0.4, 0.5) is 4.79 Å². The molecule has 3 aromatic carbocycles. The molecule has 3 aliphatic rings. The van der Waals surface area contributed by atoms with Gasteiger partial charge in [0, 0.05) is 24.0 Å². The number of hydrogen-bond acceptors (Lipinski definition) is 7. The van der Waals surface area contributed by atoms with E-state index < -0.39 is 29.8 Å². The van der Waals surface area contributed by atoms with Gasteiger partial charge in [-0.2, -0.15) is 0 Å². The number of esters is 1. The van der Waals surface area contributed by atoms with Crippen LogP contribution < -0.4 is 9.47 Å². The number of ether oxygens (including phenoxy) is 4. The molecule has 5 atom stereocenters. The highest BCUT2D eigenvalue weighted by Crippen LogP contribution is 2.40. The number of carbonyl (C=O) groups is 3. The Hall–Kier alpha value is -3.75. The zero-order valence-electron chi connectivity index (χ0n) is 30.2. The molecule has 1 amide bonds. The van der Waals surface area contributed by atoms with Crippen LogP contribution in [-0.4, -0.2) is 40.5 Å². The molecule has 0 unspecified atom stereocenters. The number of fused-ring (bicyclic) bond motifs is 2. The highest BCUT2D eigenvalue weighted by Gasteiger charge is 2.42. The van der Waals surface area contributed by atoms with Gasteiger partial charge in [-0.1, -0.05) is 74.7 Å². The summed E-state index contributed by atoms with van der Waals surface area (Å²) in [6.45, 7) is 12.4. The third-order valence-electron chi connectivity index (χ3n) is 10.1. The molecule has 2 aliphatic heterocycles. The highest BCUT2D eigenvalue weighted by atomic mass is 35.5. The number of Topliss-reactive ketones (excluding diaryl/α,β-unsaturated/α-hetero) is 1. The normalized spacial score (nSPS) is 23.2. The predicted molar refractivity (Wildman–Crippen MR) is 196 cm³/mol. The zero-order valence-corrected chi connectivity index (χ0v) is 31.7. The molecule has 1 aliphatic carbocycles. The van der Waals surface area contributed by atoms with Crippen molar-refractivity contribution in [3.05, 3.63) is 92.5 Å². The summed E-state index contributed by atoms with van der Waals surface area (Å²) in [5, 5.41) is 0.948. The standard InChI is InChI=1S/C41H47Cl2NO7/c1-23(2)31-13-7-24(3)15-37(31)50-39(46)34-18-27-17-28-19-35(45)38(49-36(28)20-29(27)21-44(34)40(47)51-41(4,5)6)26-9-11-30(12-10-26)48-22-25-8-14-32(42)33(43)16-25/h8-12,14,16-17,20,23-24,31,34,37-38H,7,13,15,18-19,21-22H2,1-6H3/t24-,31+,34+,37-,38+/m1/s1. The van der Waals surface area contributed by atoms with E-state index in [1.807, 2.05) is 51.1 Å². The van der Waals surface area contributed by atoms with Gasteiger partial charge < -0.3 is 18.9 Å². The second-order valence-electron chi connectivity index (χ2n) is 15.6. The first-order valence-electron chi connectivity index (χ1n) is 17.9. The second-order valence-corrected chi connectivity index (χ2v) is 16.4. The SMILES string of the molecule is CC(C)[C@@H]1CC[C@@H](C)C[C@H]1OC(=O)[C@@H]1Cc2cc3c(cc2CN1C(=O)OC(C)(C)C)O[C@@H](c1ccc(OCc2ccc(Cl)c(Cl)c2)cc1)C(=O)C3. The van der Waals surface area contributed by atoms with Crippen molar-refractivity contribution in [3.8, 4) is 11.5 Å². The molecule has 10 heteroatoms. The molecule has 2 heterocycles. The molecule has 272 valence electrons. The van der Waals surface area contributed by atoms with Gasteiger partial charge in [0.25, 0.3) is 0 Å². The smallest absolute Gasteiger partial charge is 0.411 e. The Bertz CT molecular complexity index is 1780. The number of amides is 1. The topological polar surface area (TPSA) is 91.4 Å². The summed E-state index contributed by atoms with van der Waals surface area (Å²) in [7, 11) is 0. The molecule has 0 spiro atoms. The van der Waals surface area contributed by atoms with E-state index in [-0.39, 0.29) is 37.2 Å². The molecule has 0 N–H and O–H groups in total. The van der Waals surface area contributed by atoms with E-state index >= 15 is 0 Å². The molecule has 1 fully saturated rings. The van der Waals surface area contributed by atoms with Gasteiger partial charge in [0.15, 0.2) is 11.9 Å². The van der Waals surface area contributed by atoms with Crippen molar-refractivity contribution in [1.82, 2.24) is 4.90 Å². The fraction of sp³-hybridized carbons (Fsp3) is 0.488. The van der Waals surface area contributed by atoms with Gasteiger partial charge in [0.1, 0.15) is 35.9 Å². The number of nitrogens with zero attached hydrogens (tertiary/aromatic N) is 1. The number of ketones is 1. The number of rotatable bonds is 7.